The first-order chi connectivity index (χ1) is 18.9. The van der Waals surface area contributed by atoms with E-state index in [9.17, 15) is 13.5 Å². The largest absolute Gasteiger partial charge is 0.492 e. The molecule has 1 aliphatic carbocycles. The average Bonchev–Trinajstić information content (AvgIpc) is 3.29. The first-order valence-corrected chi connectivity index (χ1v) is 15.2. The summed E-state index contributed by atoms with van der Waals surface area (Å²) in [5.41, 5.74) is 5.75. The number of ether oxygens (including phenoxy) is 2. The zero-order valence-corrected chi connectivity index (χ0v) is 24.1. The molecule has 0 fully saturated rings. The molecule has 214 valence electrons. The summed E-state index contributed by atoms with van der Waals surface area (Å²) < 4.78 is 38.2. The quantitative estimate of drug-likeness (QED) is 0.172. The molecule has 0 spiro atoms. The number of aliphatic hydroxyl groups excluding tert-OH is 1. The van der Waals surface area contributed by atoms with Crippen LogP contribution >= 0.6 is 12.4 Å². The third-order valence-corrected chi connectivity index (χ3v) is 7.47. The van der Waals surface area contributed by atoms with Crippen LogP contribution in [0.5, 0.6) is 11.5 Å². The van der Waals surface area contributed by atoms with Crippen molar-refractivity contribution < 1.29 is 23.0 Å². The number of benzene rings is 3. The van der Waals surface area contributed by atoms with Crippen LogP contribution in [0.25, 0.3) is 10.9 Å². The van der Waals surface area contributed by atoms with Crippen LogP contribution in [0.3, 0.4) is 0 Å². The maximum atomic E-state index is 11.9. The van der Waals surface area contributed by atoms with Crippen LogP contribution in [-0.2, 0) is 29.5 Å². The van der Waals surface area contributed by atoms with Gasteiger partial charge in [0.25, 0.3) is 0 Å². The summed E-state index contributed by atoms with van der Waals surface area (Å²) in [6, 6.07) is 20.8. The predicted octanol–water partition coefficient (Wildman–Crippen LogP) is 5.12. The molecule has 3 aromatic carbocycles. The Morgan fingerprint density at radius 1 is 1.00 bits per heavy atom. The number of hydrogen-bond acceptors (Lipinski definition) is 6. The monoisotopic (exact) mass is 585 g/mol. The fourth-order valence-electron chi connectivity index (χ4n) is 4.98. The molecule has 4 aromatic rings. The second-order valence-electron chi connectivity index (χ2n) is 9.97. The minimum atomic E-state index is -3.54. The molecule has 1 aromatic heterocycles. The first-order valence-electron chi connectivity index (χ1n) is 13.3. The number of aromatic amines is 1. The Labute approximate surface area is 241 Å². The summed E-state index contributed by atoms with van der Waals surface area (Å²) >= 11 is 0. The van der Waals surface area contributed by atoms with E-state index in [-0.39, 0.29) is 24.6 Å². The van der Waals surface area contributed by atoms with E-state index in [0.29, 0.717) is 31.1 Å². The summed E-state index contributed by atoms with van der Waals surface area (Å²) in [5, 5.41) is 15.2. The van der Waals surface area contributed by atoms with E-state index in [2.05, 4.69) is 27.2 Å². The lowest BCUT2D eigenvalue weighted by Crippen LogP contribution is -2.26. The van der Waals surface area contributed by atoms with Crippen molar-refractivity contribution in [1.29, 1.82) is 0 Å². The van der Waals surface area contributed by atoms with Crippen molar-refractivity contribution in [2.45, 2.75) is 38.4 Å². The van der Waals surface area contributed by atoms with Crippen molar-refractivity contribution >= 4 is 39.0 Å². The van der Waals surface area contributed by atoms with Gasteiger partial charge in [0.1, 0.15) is 24.7 Å². The summed E-state index contributed by atoms with van der Waals surface area (Å²) in [6.45, 7) is 1.57. The van der Waals surface area contributed by atoms with Crippen LogP contribution in [-0.4, -0.2) is 44.5 Å². The second kappa shape index (κ2) is 13.4. The van der Waals surface area contributed by atoms with Crippen molar-refractivity contribution in [3.05, 3.63) is 89.1 Å². The van der Waals surface area contributed by atoms with Gasteiger partial charge in [-0.15, -0.1) is 12.4 Å². The van der Waals surface area contributed by atoms with Crippen molar-refractivity contribution in [2.75, 3.05) is 30.7 Å². The lowest BCUT2D eigenvalue weighted by atomic mass is 9.96. The highest BCUT2D eigenvalue weighted by atomic mass is 35.5. The van der Waals surface area contributed by atoms with E-state index in [1.54, 1.807) is 18.2 Å². The Morgan fingerprint density at radius 2 is 1.80 bits per heavy atom. The van der Waals surface area contributed by atoms with Crippen LogP contribution in [0.15, 0.2) is 66.7 Å². The smallest absolute Gasteiger partial charge is 0.229 e. The Hall–Kier alpha value is -3.24. The summed E-state index contributed by atoms with van der Waals surface area (Å²) in [4.78, 5) is 3.55. The number of hydrogen-bond donors (Lipinski definition) is 4. The normalized spacial score (nSPS) is 13.8. The van der Waals surface area contributed by atoms with Crippen molar-refractivity contribution in [3.63, 3.8) is 0 Å². The maximum absolute atomic E-state index is 11.9. The van der Waals surface area contributed by atoms with Gasteiger partial charge >= 0.3 is 0 Å². The number of H-pyrrole nitrogens is 1. The van der Waals surface area contributed by atoms with Crippen molar-refractivity contribution in [2.24, 2.45) is 0 Å². The molecular weight excluding hydrogens is 550 g/mol. The lowest BCUT2D eigenvalue weighted by molar-refractivity contribution is 0.172. The number of fused-ring (bicyclic) bond motifs is 3. The van der Waals surface area contributed by atoms with Gasteiger partial charge in [0.2, 0.25) is 10.0 Å². The van der Waals surface area contributed by atoms with Crippen LogP contribution in [0.1, 0.15) is 41.3 Å². The van der Waals surface area contributed by atoms with Crippen molar-refractivity contribution in [3.8, 4) is 11.5 Å². The highest BCUT2D eigenvalue weighted by Crippen LogP contribution is 2.32. The minimum Gasteiger partial charge on any atom is -0.492 e. The molecule has 4 N–H and O–H groups in total. The Balaban J connectivity index is 0.00000370. The van der Waals surface area contributed by atoms with Gasteiger partial charge in [0, 0.05) is 35.8 Å². The highest BCUT2D eigenvalue weighted by molar-refractivity contribution is 7.92. The van der Waals surface area contributed by atoms with Gasteiger partial charge in [-0.25, -0.2) is 8.42 Å². The van der Waals surface area contributed by atoms with E-state index in [0.717, 1.165) is 35.9 Å². The van der Waals surface area contributed by atoms with E-state index in [4.69, 9.17) is 9.47 Å². The number of aryl methyl sites for hydroxylation is 2. The zero-order chi connectivity index (χ0) is 27.2. The van der Waals surface area contributed by atoms with Crippen LogP contribution in [0, 0.1) is 0 Å². The van der Waals surface area contributed by atoms with Gasteiger partial charge in [-0.1, -0.05) is 36.4 Å². The van der Waals surface area contributed by atoms with Crippen LogP contribution < -0.4 is 19.5 Å². The summed E-state index contributed by atoms with van der Waals surface area (Å²) in [5.74, 6) is 1.20. The minimum absolute atomic E-state index is 0. The van der Waals surface area contributed by atoms with Crippen molar-refractivity contribution in [1.82, 2.24) is 10.3 Å². The summed E-state index contributed by atoms with van der Waals surface area (Å²) in [6.07, 6.45) is 4.98. The van der Waals surface area contributed by atoms with Gasteiger partial charge in [-0.2, -0.15) is 0 Å². The molecule has 1 heterocycles. The number of nitrogens with one attached hydrogen (secondary N) is 3. The fraction of sp³-hybridized carbons (Fsp3) is 0.333. The molecule has 0 aliphatic heterocycles. The number of sulfonamides is 1. The van der Waals surface area contributed by atoms with Crippen LogP contribution in [0.4, 0.5) is 5.69 Å². The number of anilines is 1. The third kappa shape index (κ3) is 7.69. The Bertz CT molecular complexity index is 1530. The molecule has 5 rings (SSSR count). The fourth-order valence-corrected chi connectivity index (χ4v) is 5.53. The number of halogens is 1. The third-order valence-electron chi connectivity index (χ3n) is 6.88. The Morgan fingerprint density at radius 3 is 2.60 bits per heavy atom. The first kappa shape index (κ1) is 29.7. The van der Waals surface area contributed by atoms with Crippen LogP contribution in [0.2, 0.25) is 0 Å². The molecule has 8 nitrogen and oxygen atoms in total. The number of aromatic nitrogens is 1. The molecule has 40 heavy (non-hydrogen) atoms. The predicted molar refractivity (Wildman–Crippen MR) is 161 cm³/mol. The number of rotatable bonds is 12. The topological polar surface area (TPSA) is 113 Å². The second-order valence-corrected chi connectivity index (χ2v) is 11.7. The molecule has 1 unspecified atom stereocenters. The van der Waals surface area contributed by atoms with Gasteiger partial charge in [0.05, 0.1) is 18.0 Å². The van der Waals surface area contributed by atoms with Gasteiger partial charge in [-0.05, 0) is 66.6 Å². The van der Waals surface area contributed by atoms with E-state index in [1.165, 1.54) is 29.5 Å². The van der Waals surface area contributed by atoms with Gasteiger partial charge in [0.15, 0.2) is 0 Å². The van der Waals surface area contributed by atoms with E-state index >= 15 is 0 Å². The lowest BCUT2D eigenvalue weighted by Gasteiger charge is -2.17. The molecule has 0 radical (unpaired) electrons. The molecule has 10 heteroatoms. The molecule has 0 bridgehead atoms. The average molecular weight is 586 g/mol. The molecule has 0 saturated carbocycles. The van der Waals surface area contributed by atoms with E-state index in [1.807, 2.05) is 36.4 Å². The molecular formula is C30H36ClN3O5S. The molecule has 0 saturated heterocycles. The zero-order valence-electron chi connectivity index (χ0n) is 22.5. The maximum Gasteiger partial charge on any atom is 0.229 e. The Kier molecular flexibility index (Phi) is 9.97. The highest BCUT2D eigenvalue weighted by Gasteiger charge is 2.16. The van der Waals surface area contributed by atoms with Gasteiger partial charge < -0.3 is 24.9 Å². The molecule has 1 aliphatic rings. The number of aliphatic hydroxyl groups is 1. The SMILES string of the molecule is CS(=O)(=O)Nc1cc(C(O)CNCCOc2ccc3c4c([nH]c3c2)CCCC4)ccc1OCc1ccccc1.Cl. The van der Waals surface area contributed by atoms with Gasteiger partial charge in [-0.3, -0.25) is 4.72 Å². The molecule has 0 amide bonds. The summed E-state index contributed by atoms with van der Waals surface area (Å²) in [7, 11) is -3.54. The standard InChI is InChI=1S/C30H35N3O5S.ClH/c1-39(35,36)33-28-17-22(11-14-30(28)38-20-21-7-3-2-4-8-21)29(34)19-31-15-16-37-23-12-13-25-24-9-5-6-10-26(24)32-27(25)18-23;/h2-4,7-8,11-14,17-18,29,31-34H,5-6,9-10,15-16,19-20H2,1H3;1H. The molecule has 1 atom stereocenters. The van der Waals surface area contributed by atoms with E-state index < -0.39 is 16.1 Å².